The minimum absolute atomic E-state index is 0.00821. The highest BCUT2D eigenvalue weighted by Gasteiger charge is 2.50. The van der Waals surface area contributed by atoms with Gasteiger partial charge in [0.2, 0.25) is 0 Å². The molecule has 2 saturated heterocycles. The van der Waals surface area contributed by atoms with Crippen molar-refractivity contribution in [1.82, 2.24) is 0 Å². The largest absolute Gasteiger partial charge is 0.407 e. The van der Waals surface area contributed by atoms with Gasteiger partial charge in [-0.15, -0.1) is 0 Å². The van der Waals surface area contributed by atoms with E-state index in [0.29, 0.717) is 6.79 Å². The first-order valence-corrected chi connectivity index (χ1v) is 24.0. The van der Waals surface area contributed by atoms with Gasteiger partial charge >= 0.3 is 0 Å². The van der Waals surface area contributed by atoms with Crippen LogP contribution in [-0.4, -0.2) is 79.4 Å². The number of ether oxygens (including phenoxy) is 6. The van der Waals surface area contributed by atoms with Gasteiger partial charge < -0.3 is 32.8 Å². The van der Waals surface area contributed by atoms with Gasteiger partial charge in [-0.3, -0.25) is 0 Å². The lowest BCUT2D eigenvalue weighted by molar-refractivity contribution is -0.158. The van der Waals surface area contributed by atoms with Crippen molar-refractivity contribution in [3.63, 3.8) is 0 Å². The molecule has 8 heteroatoms. The second kappa shape index (κ2) is 25.7. The normalized spacial score (nSPS) is 21.6. The minimum Gasteiger partial charge on any atom is -0.407 e. The van der Waals surface area contributed by atoms with E-state index >= 15 is 0 Å². The first-order chi connectivity index (χ1) is 26.8. The highest BCUT2D eigenvalue weighted by Crippen LogP contribution is 2.38. The summed E-state index contributed by atoms with van der Waals surface area (Å²) in [5, 5.41) is 2.65. The first kappa shape index (κ1) is 46.1. The van der Waals surface area contributed by atoms with E-state index in [1.807, 2.05) is 0 Å². The molecular weight excluding hydrogens is 705 g/mol. The van der Waals surface area contributed by atoms with Crippen molar-refractivity contribution >= 4 is 18.7 Å². The summed E-state index contributed by atoms with van der Waals surface area (Å²) >= 11 is 0. The number of hydrogen-bond donors (Lipinski definition) is 0. The summed E-state index contributed by atoms with van der Waals surface area (Å²) in [6, 6.07) is 21.9. The molecule has 7 nitrogen and oxygen atoms in total. The van der Waals surface area contributed by atoms with Crippen LogP contribution in [0.4, 0.5) is 0 Å². The number of hydrogen-bond acceptors (Lipinski definition) is 7. The van der Waals surface area contributed by atoms with Gasteiger partial charge in [0.15, 0.2) is 0 Å². The number of benzene rings is 2. The van der Waals surface area contributed by atoms with Crippen molar-refractivity contribution in [2.75, 3.05) is 34.4 Å². The van der Waals surface area contributed by atoms with Crippen molar-refractivity contribution in [3.05, 3.63) is 60.7 Å². The van der Waals surface area contributed by atoms with Crippen LogP contribution in [-0.2, 0) is 32.8 Å². The Balaban J connectivity index is 1.22. The number of methoxy groups -OCH3 is 2. The van der Waals surface area contributed by atoms with Gasteiger partial charge in [-0.25, -0.2) is 0 Å². The molecule has 0 bridgehead atoms. The van der Waals surface area contributed by atoms with Gasteiger partial charge in [0, 0.05) is 20.8 Å². The molecule has 0 unspecified atom stereocenters. The van der Waals surface area contributed by atoms with Crippen LogP contribution in [0.3, 0.4) is 0 Å². The average Bonchev–Trinajstić information content (AvgIpc) is 3.89. The molecule has 2 aliphatic heterocycles. The van der Waals surface area contributed by atoms with Crippen LogP contribution in [0.5, 0.6) is 0 Å². The minimum atomic E-state index is -2.52. The molecule has 0 spiro atoms. The second-order valence-corrected chi connectivity index (χ2v) is 21.4. The maximum atomic E-state index is 7.14. The van der Waals surface area contributed by atoms with Crippen LogP contribution >= 0.6 is 0 Å². The third-order valence-corrected chi connectivity index (χ3v) is 17.0. The lowest BCUT2D eigenvalue weighted by Gasteiger charge is -2.43. The van der Waals surface area contributed by atoms with Gasteiger partial charge in [0.05, 0.1) is 36.6 Å². The molecule has 0 amide bonds. The predicted octanol–water partition coefficient (Wildman–Crippen LogP) is 10.5. The highest BCUT2D eigenvalue weighted by atomic mass is 28.4. The van der Waals surface area contributed by atoms with Gasteiger partial charge in [-0.05, 0) is 60.4 Å². The summed E-state index contributed by atoms with van der Waals surface area (Å²) in [6.07, 6.45) is 23.0. The van der Waals surface area contributed by atoms with Crippen molar-refractivity contribution in [2.24, 2.45) is 0 Å². The molecule has 6 atom stereocenters. The lowest BCUT2D eigenvalue weighted by atomic mass is 10.0. The molecule has 0 saturated carbocycles. The van der Waals surface area contributed by atoms with Gasteiger partial charge in [0.1, 0.15) is 13.6 Å². The first-order valence-electron chi connectivity index (χ1n) is 22.1. The van der Waals surface area contributed by atoms with E-state index in [9.17, 15) is 0 Å². The zero-order chi connectivity index (χ0) is 39.2. The SMILES string of the molecule is CCCCCCCCCCCC[C@H](OCOC)[C@H]1CC[C@H]([C@H]2CC[C@H]([C@@H](CCCCCO[Si](c3ccccc3)(c3ccccc3)C(C)(C)C)OCOC)O2)O1. The Morgan fingerprint density at radius 3 is 1.42 bits per heavy atom. The third-order valence-electron chi connectivity index (χ3n) is 11.9. The van der Waals surface area contributed by atoms with E-state index in [1.165, 1.54) is 74.6 Å². The number of rotatable bonds is 29. The molecule has 312 valence electrons. The molecule has 2 aromatic rings. The molecular formula is C47H78O7Si. The van der Waals surface area contributed by atoms with Gasteiger partial charge in [-0.1, -0.05) is 165 Å². The smallest absolute Gasteiger partial charge is 0.261 e. The zero-order valence-corrected chi connectivity index (χ0v) is 36.7. The molecule has 55 heavy (non-hydrogen) atoms. The quantitative estimate of drug-likeness (QED) is 0.0463. The fourth-order valence-corrected chi connectivity index (χ4v) is 13.6. The Morgan fingerprint density at radius 2 is 1.00 bits per heavy atom. The molecule has 0 N–H and O–H groups in total. The third kappa shape index (κ3) is 14.6. The summed E-state index contributed by atoms with van der Waals surface area (Å²) < 4.78 is 43.8. The van der Waals surface area contributed by atoms with Crippen molar-refractivity contribution in [1.29, 1.82) is 0 Å². The van der Waals surface area contributed by atoms with Crippen molar-refractivity contribution in [2.45, 2.75) is 191 Å². The lowest BCUT2D eigenvalue weighted by Crippen LogP contribution is -2.66. The van der Waals surface area contributed by atoms with Crippen LogP contribution in [0, 0.1) is 0 Å². The summed E-state index contributed by atoms with van der Waals surface area (Å²) in [5.41, 5.74) is 0. The zero-order valence-electron chi connectivity index (χ0n) is 35.7. The molecule has 0 radical (unpaired) electrons. The Morgan fingerprint density at radius 1 is 0.582 bits per heavy atom. The van der Waals surface area contributed by atoms with E-state index < -0.39 is 8.32 Å². The monoisotopic (exact) mass is 783 g/mol. The molecule has 2 fully saturated rings. The van der Waals surface area contributed by atoms with Crippen LogP contribution < -0.4 is 10.4 Å². The van der Waals surface area contributed by atoms with Crippen molar-refractivity contribution in [3.8, 4) is 0 Å². The van der Waals surface area contributed by atoms with Crippen LogP contribution in [0.1, 0.15) is 150 Å². The summed E-state index contributed by atoms with van der Waals surface area (Å²) in [4.78, 5) is 0. The maximum Gasteiger partial charge on any atom is 0.261 e. The molecule has 0 aromatic heterocycles. The second-order valence-electron chi connectivity index (χ2n) is 17.1. The molecule has 0 aliphatic carbocycles. The molecule has 2 heterocycles. The van der Waals surface area contributed by atoms with Crippen LogP contribution in [0.25, 0.3) is 0 Å². The van der Waals surface area contributed by atoms with Crippen LogP contribution in [0.15, 0.2) is 60.7 Å². The molecule has 2 aliphatic rings. The summed E-state index contributed by atoms with van der Waals surface area (Å²) in [5.74, 6) is 0. The van der Waals surface area contributed by atoms with E-state index in [1.54, 1.807) is 14.2 Å². The maximum absolute atomic E-state index is 7.14. The molecule has 4 rings (SSSR count). The number of unbranched alkanes of at least 4 members (excludes halogenated alkanes) is 11. The van der Waals surface area contributed by atoms with E-state index in [4.69, 9.17) is 32.8 Å². The summed E-state index contributed by atoms with van der Waals surface area (Å²) in [6.45, 7) is 10.7. The fraction of sp³-hybridized carbons (Fsp3) is 0.745. The van der Waals surface area contributed by atoms with E-state index in [2.05, 4.69) is 88.4 Å². The average molecular weight is 783 g/mol. The fourth-order valence-electron chi connectivity index (χ4n) is 8.98. The predicted molar refractivity (Wildman–Crippen MR) is 228 cm³/mol. The summed E-state index contributed by atoms with van der Waals surface area (Å²) in [7, 11) is 0.884. The Labute approximate surface area is 337 Å². The Bertz CT molecular complexity index is 1200. The Kier molecular flexibility index (Phi) is 21.5. The molecule has 2 aromatic carbocycles. The standard InChI is InChI=1S/C47H78O7Si/c1-7-8-9-10-11-12-13-14-15-23-30-41(50-37-48-5)43-32-34-45(53-43)46-35-33-44(54-46)42(51-38-49-6)31-24-18-25-36-52-55(47(2,3)4,39-26-19-16-20-27-39)40-28-21-17-22-29-40/h16-17,19-22,26-29,41-46H,7-15,18,23-25,30-38H2,1-6H3/t41-,42+,43+,44+,45+,46+/m0/s1. The van der Waals surface area contributed by atoms with Crippen molar-refractivity contribution < 1.29 is 32.8 Å². The Hall–Kier alpha value is -1.62. The highest BCUT2D eigenvalue weighted by molar-refractivity contribution is 6.99. The van der Waals surface area contributed by atoms with Gasteiger partial charge in [0.25, 0.3) is 8.32 Å². The van der Waals surface area contributed by atoms with Crippen LogP contribution in [0.2, 0.25) is 5.04 Å². The van der Waals surface area contributed by atoms with E-state index in [0.717, 1.165) is 64.4 Å². The topological polar surface area (TPSA) is 64.6 Å². The van der Waals surface area contributed by atoms with E-state index in [-0.39, 0.29) is 48.5 Å². The van der Waals surface area contributed by atoms with Gasteiger partial charge in [-0.2, -0.15) is 0 Å².